The lowest BCUT2D eigenvalue weighted by molar-refractivity contribution is 0.0527. The van der Waals surface area contributed by atoms with E-state index in [4.69, 9.17) is 14.0 Å². The minimum absolute atomic E-state index is 0.141. The van der Waals surface area contributed by atoms with Crippen LogP contribution in [-0.4, -0.2) is 30.2 Å². The molecule has 7 nitrogen and oxygen atoms in total. The van der Waals surface area contributed by atoms with Gasteiger partial charge in [-0.25, -0.2) is 4.79 Å². The number of thiophene rings is 1. The summed E-state index contributed by atoms with van der Waals surface area (Å²) >= 11 is 1.43. The van der Waals surface area contributed by atoms with Crippen molar-refractivity contribution >= 4 is 28.2 Å². The molecule has 8 heteroatoms. The van der Waals surface area contributed by atoms with Gasteiger partial charge in [0.25, 0.3) is 5.91 Å². The summed E-state index contributed by atoms with van der Waals surface area (Å²) < 4.78 is 16.0. The molecule has 4 rings (SSSR count). The van der Waals surface area contributed by atoms with Crippen LogP contribution in [0.2, 0.25) is 0 Å². The molecule has 0 saturated carbocycles. The topological polar surface area (TPSA) is 90.7 Å². The van der Waals surface area contributed by atoms with Crippen molar-refractivity contribution in [2.24, 2.45) is 0 Å². The van der Waals surface area contributed by atoms with Crippen LogP contribution in [0.25, 0.3) is 11.3 Å². The summed E-state index contributed by atoms with van der Waals surface area (Å²) in [6.45, 7) is 4.56. The molecule has 3 aromatic rings. The van der Waals surface area contributed by atoms with Crippen LogP contribution >= 0.6 is 11.3 Å². The molecule has 156 valence electrons. The maximum Gasteiger partial charge on any atom is 0.341 e. The van der Waals surface area contributed by atoms with Gasteiger partial charge in [0, 0.05) is 16.5 Å². The van der Waals surface area contributed by atoms with Crippen LogP contribution in [0.3, 0.4) is 0 Å². The van der Waals surface area contributed by atoms with Crippen LogP contribution in [0, 0.1) is 0 Å². The van der Waals surface area contributed by atoms with Gasteiger partial charge >= 0.3 is 5.97 Å². The Kier molecular flexibility index (Phi) is 5.85. The summed E-state index contributed by atoms with van der Waals surface area (Å²) in [6, 6.07) is 8.93. The van der Waals surface area contributed by atoms with E-state index in [-0.39, 0.29) is 12.3 Å². The first-order valence-electron chi connectivity index (χ1n) is 9.93. The van der Waals surface area contributed by atoms with E-state index in [9.17, 15) is 9.59 Å². The summed E-state index contributed by atoms with van der Waals surface area (Å²) in [5.41, 5.74) is 2.39. The van der Waals surface area contributed by atoms with Gasteiger partial charge in [0.15, 0.2) is 11.5 Å². The molecule has 0 radical (unpaired) electrons. The van der Waals surface area contributed by atoms with Crippen LogP contribution in [-0.2, 0) is 17.6 Å². The molecular weight excluding hydrogens is 404 g/mol. The normalized spacial score (nSPS) is 12.5. The largest absolute Gasteiger partial charge is 0.494 e. The number of aryl methyl sites for hydroxylation is 1. The summed E-state index contributed by atoms with van der Waals surface area (Å²) in [5.74, 6) is 0.405. The maximum atomic E-state index is 12.8. The molecule has 0 atom stereocenters. The first kappa shape index (κ1) is 20.2. The molecule has 0 fully saturated rings. The quantitative estimate of drug-likeness (QED) is 0.550. The number of esters is 1. The molecule has 1 N–H and O–H groups in total. The molecule has 0 aliphatic heterocycles. The lowest BCUT2D eigenvalue weighted by atomic mass is 10.1. The molecule has 1 aromatic carbocycles. The van der Waals surface area contributed by atoms with Crippen LogP contribution in [0.5, 0.6) is 5.75 Å². The third-order valence-corrected chi connectivity index (χ3v) is 6.03. The second kappa shape index (κ2) is 8.71. The first-order chi connectivity index (χ1) is 14.6. The van der Waals surface area contributed by atoms with E-state index in [1.165, 1.54) is 11.3 Å². The molecule has 0 spiro atoms. The molecule has 2 aromatic heterocycles. The molecule has 1 aliphatic carbocycles. The molecule has 1 aliphatic rings. The minimum Gasteiger partial charge on any atom is -0.494 e. The van der Waals surface area contributed by atoms with Gasteiger partial charge in [0.1, 0.15) is 10.8 Å². The third kappa shape index (κ3) is 3.95. The van der Waals surface area contributed by atoms with E-state index in [1.54, 1.807) is 13.0 Å². The van der Waals surface area contributed by atoms with E-state index < -0.39 is 11.9 Å². The highest BCUT2D eigenvalue weighted by molar-refractivity contribution is 7.17. The zero-order valence-electron chi connectivity index (χ0n) is 16.8. The van der Waals surface area contributed by atoms with Crippen LogP contribution in [0.1, 0.15) is 51.6 Å². The van der Waals surface area contributed by atoms with Gasteiger partial charge < -0.3 is 19.3 Å². The lowest BCUT2D eigenvalue weighted by Gasteiger charge is -2.06. The van der Waals surface area contributed by atoms with E-state index >= 15 is 0 Å². The highest BCUT2D eigenvalue weighted by Crippen LogP contribution is 2.39. The number of anilines is 1. The van der Waals surface area contributed by atoms with Crippen molar-refractivity contribution in [2.45, 2.75) is 33.1 Å². The van der Waals surface area contributed by atoms with E-state index in [0.29, 0.717) is 22.9 Å². The van der Waals surface area contributed by atoms with Crippen molar-refractivity contribution in [3.8, 4) is 17.1 Å². The summed E-state index contributed by atoms with van der Waals surface area (Å²) in [5, 5.41) is 7.22. The van der Waals surface area contributed by atoms with E-state index in [1.807, 2.05) is 31.2 Å². The van der Waals surface area contributed by atoms with E-state index in [0.717, 1.165) is 41.0 Å². The maximum absolute atomic E-state index is 12.8. The molecular formula is C22H22N2O5S. The number of hydrogen-bond acceptors (Lipinski definition) is 7. The number of nitrogens with zero attached hydrogens (tertiary/aromatic N) is 1. The monoisotopic (exact) mass is 426 g/mol. The fourth-order valence-electron chi connectivity index (χ4n) is 3.48. The fourth-order valence-corrected chi connectivity index (χ4v) is 4.75. The number of carbonyl (C=O) groups is 2. The van der Waals surface area contributed by atoms with Crippen molar-refractivity contribution in [3.05, 3.63) is 52.0 Å². The van der Waals surface area contributed by atoms with Gasteiger partial charge in [-0.3, -0.25) is 4.79 Å². The Labute approximate surface area is 178 Å². The first-order valence-corrected chi connectivity index (χ1v) is 10.7. The Morgan fingerprint density at radius 2 is 1.97 bits per heavy atom. The Morgan fingerprint density at radius 3 is 2.70 bits per heavy atom. The van der Waals surface area contributed by atoms with Gasteiger partial charge in [-0.2, -0.15) is 0 Å². The number of nitrogens with one attached hydrogen (secondary N) is 1. The van der Waals surface area contributed by atoms with Crippen molar-refractivity contribution < 1.29 is 23.6 Å². The average molecular weight is 426 g/mol. The SMILES string of the molecule is CCOC(=O)c1c(NC(=O)c2cc(-c3ccc(OCC)cc3)on2)sc2c1CCC2. The smallest absolute Gasteiger partial charge is 0.341 e. The zero-order valence-corrected chi connectivity index (χ0v) is 17.6. The number of benzene rings is 1. The second-order valence-electron chi connectivity index (χ2n) is 6.77. The molecule has 1 amide bonds. The van der Waals surface area contributed by atoms with Crippen LogP contribution < -0.4 is 10.1 Å². The van der Waals surface area contributed by atoms with Gasteiger partial charge in [-0.05, 0) is 62.9 Å². The predicted molar refractivity (Wildman–Crippen MR) is 113 cm³/mol. The van der Waals surface area contributed by atoms with Crippen molar-refractivity contribution in [2.75, 3.05) is 18.5 Å². The standard InChI is InChI=1S/C22H22N2O5S/c1-3-27-14-10-8-13(9-11-14)17-12-16(24-29-17)20(25)23-21-19(22(26)28-4-2)15-6-5-7-18(15)30-21/h8-12H,3-7H2,1-2H3,(H,23,25). The Balaban J connectivity index is 1.53. The number of hydrogen-bond donors (Lipinski definition) is 1. The fraction of sp³-hybridized carbons (Fsp3) is 0.318. The number of ether oxygens (including phenoxy) is 2. The van der Waals surface area contributed by atoms with Gasteiger partial charge in [0.2, 0.25) is 0 Å². The molecule has 0 unspecified atom stereocenters. The summed E-state index contributed by atoms with van der Waals surface area (Å²) in [7, 11) is 0. The number of carbonyl (C=O) groups excluding carboxylic acids is 2. The summed E-state index contributed by atoms with van der Waals surface area (Å²) in [6.07, 6.45) is 2.74. The van der Waals surface area contributed by atoms with E-state index in [2.05, 4.69) is 10.5 Å². The lowest BCUT2D eigenvalue weighted by Crippen LogP contribution is -2.15. The van der Waals surface area contributed by atoms with Crippen molar-refractivity contribution in [1.29, 1.82) is 0 Å². The molecule has 2 heterocycles. The zero-order chi connectivity index (χ0) is 21.1. The highest BCUT2D eigenvalue weighted by Gasteiger charge is 2.29. The Bertz CT molecular complexity index is 1070. The molecule has 0 bridgehead atoms. The highest BCUT2D eigenvalue weighted by atomic mass is 32.1. The Morgan fingerprint density at radius 1 is 1.17 bits per heavy atom. The minimum atomic E-state index is -0.429. The number of fused-ring (bicyclic) bond motifs is 1. The molecule has 30 heavy (non-hydrogen) atoms. The second-order valence-corrected chi connectivity index (χ2v) is 7.88. The van der Waals surface area contributed by atoms with Crippen LogP contribution in [0.15, 0.2) is 34.9 Å². The average Bonchev–Trinajstić information content (AvgIpc) is 3.45. The Hall–Kier alpha value is -3.13. The third-order valence-electron chi connectivity index (χ3n) is 4.82. The number of rotatable bonds is 7. The van der Waals surface area contributed by atoms with Gasteiger partial charge in [-0.15, -0.1) is 11.3 Å². The number of amides is 1. The summed E-state index contributed by atoms with van der Waals surface area (Å²) in [4.78, 5) is 26.3. The van der Waals surface area contributed by atoms with Gasteiger partial charge in [0.05, 0.1) is 18.8 Å². The number of aromatic nitrogens is 1. The van der Waals surface area contributed by atoms with Gasteiger partial charge in [-0.1, -0.05) is 5.16 Å². The predicted octanol–water partition coefficient (Wildman–Crippen LogP) is 4.72. The molecule has 0 saturated heterocycles. The van der Waals surface area contributed by atoms with Crippen molar-refractivity contribution in [1.82, 2.24) is 5.16 Å². The van der Waals surface area contributed by atoms with Crippen LogP contribution in [0.4, 0.5) is 5.00 Å². The van der Waals surface area contributed by atoms with Crippen molar-refractivity contribution in [3.63, 3.8) is 0 Å².